The minimum absolute atomic E-state index is 0.264. The van der Waals surface area contributed by atoms with E-state index in [1.807, 2.05) is 6.07 Å². The summed E-state index contributed by atoms with van der Waals surface area (Å²) in [7, 11) is 0. The maximum atomic E-state index is 12.1. The van der Waals surface area contributed by atoms with Gasteiger partial charge in [-0.1, -0.05) is 15.9 Å². The molecule has 0 atom stereocenters. The first-order valence-corrected chi connectivity index (χ1v) is 7.50. The summed E-state index contributed by atoms with van der Waals surface area (Å²) in [6.45, 7) is 4.55. The van der Waals surface area contributed by atoms with Crippen molar-refractivity contribution < 1.29 is 13.9 Å². The molecule has 5 nitrogen and oxygen atoms in total. The molecular formula is C15H15BrN2O3. The summed E-state index contributed by atoms with van der Waals surface area (Å²) in [5.41, 5.74) is 2.72. The van der Waals surface area contributed by atoms with E-state index >= 15 is 0 Å². The third kappa shape index (κ3) is 2.81. The SMILES string of the molecule is Cc1nc(C)c(C(=O)NCc2cc(Br)cc3c2OCC3)o1. The molecule has 0 bridgehead atoms. The highest BCUT2D eigenvalue weighted by Crippen LogP contribution is 2.32. The first kappa shape index (κ1) is 14.1. The Labute approximate surface area is 130 Å². The first-order chi connectivity index (χ1) is 10.0. The number of benzene rings is 1. The molecule has 1 amide bonds. The number of hydrogen-bond acceptors (Lipinski definition) is 4. The van der Waals surface area contributed by atoms with E-state index in [1.165, 1.54) is 5.56 Å². The normalized spacial score (nSPS) is 12.9. The quantitative estimate of drug-likeness (QED) is 0.924. The van der Waals surface area contributed by atoms with Gasteiger partial charge in [-0.3, -0.25) is 4.79 Å². The Balaban J connectivity index is 1.77. The molecule has 6 heteroatoms. The number of oxazole rings is 1. The van der Waals surface area contributed by atoms with Gasteiger partial charge in [0.2, 0.25) is 5.76 Å². The molecule has 0 aliphatic carbocycles. The summed E-state index contributed by atoms with van der Waals surface area (Å²) in [5.74, 6) is 1.37. The third-order valence-corrected chi connectivity index (χ3v) is 3.83. The van der Waals surface area contributed by atoms with Crippen LogP contribution in [0.1, 0.15) is 33.3 Å². The highest BCUT2D eigenvalue weighted by atomic mass is 79.9. The third-order valence-electron chi connectivity index (χ3n) is 3.37. The van der Waals surface area contributed by atoms with Gasteiger partial charge in [0, 0.05) is 29.9 Å². The second-order valence-electron chi connectivity index (χ2n) is 4.98. The molecule has 1 N–H and O–H groups in total. The predicted octanol–water partition coefficient (Wildman–Crippen LogP) is 2.92. The van der Waals surface area contributed by atoms with E-state index < -0.39 is 0 Å². The van der Waals surface area contributed by atoms with E-state index in [9.17, 15) is 4.79 Å². The molecule has 0 spiro atoms. The van der Waals surface area contributed by atoms with Gasteiger partial charge < -0.3 is 14.5 Å². The molecule has 1 aromatic carbocycles. The van der Waals surface area contributed by atoms with Crippen LogP contribution in [0.3, 0.4) is 0 Å². The highest BCUT2D eigenvalue weighted by molar-refractivity contribution is 9.10. The van der Waals surface area contributed by atoms with Crippen LogP contribution in [-0.4, -0.2) is 17.5 Å². The Kier molecular flexibility index (Phi) is 3.71. The van der Waals surface area contributed by atoms with Crippen LogP contribution in [-0.2, 0) is 13.0 Å². The zero-order valence-electron chi connectivity index (χ0n) is 11.8. The van der Waals surface area contributed by atoms with Gasteiger partial charge in [-0.05, 0) is 24.6 Å². The van der Waals surface area contributed by atoms with Crippen LogP contribution in [0.5, 0.6) is 5.75 Å². The zero-order chi connectivity index (χ0) is 15.0. The molecule has 0 fully saturated rings. The number of halogens is 1. The van der Waals surface area contributed by atoms with Crippen LogP contribution < -0.4 is 10.1 Å². The summed E-state index contributed by atoms with van der Waals surface area (Å²) in [6.07, 6.45) is 0.899. The highest BCUT2D eigenvalue weighted by Gasteiger charge is 2.20. The van der Waals surface area contributed by atoms with Gasteiger partial charge in [0.05, 0.1) is 12.3 Å². The van der Waals surface area contributed by atoms with Crippen molar-refractivity contribution in [3.05, 3.63) is 45.1 Å². The number of hydrogen-bond donors (Lipinski definition) is 1. The fourth-order valence-corrected chi connectivity index (χ4v) is 3.03. The van der Waals surface area contributed by atoms with Gasteiger partial charge in [-0.2, -0.15) is 0 Å². The number of nitrogens with one attached hydrogen (secondary N) is 1. The molecule has 2 aromatic rings. The molecule has 2 heterocycles. The van der Waals surface area contributed by atoms with Crippen molar-refractivity contribution in [2.75, 3.05) is 6.61 Å². The first-order valence-electron chi connectivity index (χ1n) is 6.71. The molecule has 0 unspecified atom stereocenters. The molecule has 1 aliphatic heterocycles. The van der Waals surface area contributed by atoms with Crippen LogP contribution in [0, 0.1) is 13.8 Å². The van der Waals surface area contributed by atoms with Crippen LogP contribution in [0.15, 0.2) is 21.0 Å². The van der Waals surface area contributed by atoms with Crippen molar-refractivity contribution in [1.82, 2.24) is 10.3 Å². The summed E-state index contributed by atoms with van der Waals surface area (Å²) in [6, 6.07) is 4.01. The van der Waals surface area contributed by atoms with Crippen molar-refractivity contribution in [3.8, 4) is 5.75 Å². The Morgan fingerprint density at radius 3 is 2.95 bits per heavy atom. The zero-order valence-corrected chi connectivity index (χ0v) is 13.4. The minimum Gasteiger partial charge on any atom is -0.493 e. The fraction of sp³-hybridized carbons (Fsp3) is 0.333. The number of amides is 1. The minimum atomic E-state index is -0.264. The number of fused-ring (bicyclic) bond motifs is 1. The van der Waals surface area contributed by atoms with Gasteiger partial charge in [0.1, 0.15) is 5.75 Å². The lowest BCUT2D eigenvalue weighted by Crippen LogP contribution is -2.23. The van der Waals surface area contributed by atoms with Gasteiger partial charge in [-0.15, -0.1) is 0 Å². The summed E-state index contributed by atoms with van der Waals surface area (Å²) < 4.78 is 11.9. The number of ether oxygens (including phenoxy) is 1. The Morgan fingerprint density at radius 1 is 1.43 bits per heavy atom. The predicted molar refractivity (Wildman–Crippen MR) is 80.5 cm³/mol. The molecular weight excluding hydrogens is 336 g/mol. The smallest absolute Gasteiger partial charge is 0.289 e. The number of carbonyl (C=O) groups is 1. The maximum Gasteiger partial charge on any atom is 0.289 e. The lowest BCUT2D eigenvalue weighted by molar-refractivity contribution is 0.0920. The monoisotopic (exact) mass is 350 g/mol. The van der Waals surface area contributed by atoms with Crippen molar-refractivity contribution in [2.45, 2.75) is 26.8 Å². The van der Waals surface area contributed by atoms with E-state index in [1.54, 1.807) is 13.8 Å². The second-order valence-corrected chi connectivity index (χ2v) is 5.90. The van der Waals surface area contributed by atoms with Crippen LogP contribution >= 0.6 is 15.9 Å². The van der Waals surface area contributed by atoms with Crippen LogP contribution in [0.25, 0.3) is 0 Å². The number of aryl methyl sites for hydroxylation is 2. The number of aromatic nitrogens is 1. The summed E-state index contributed by atoms with van der Waals surface area (Å²) >= 11 is 3.49. The van der Waals surface area contributed by atoms with Crippen molar-refractivity contribution in [3.63, 3.8) is 0 Å². The summed E-state index contributed by atoms with van der Waals surface area (Å²) in [4.78, 5) is 16.2. The Hall–Kier alpha value is -1.82. The van der Waals surface area contributed by atoms with Gasteiger partial charge in [0.25, 0.3) is 5.91 Å². The van der Waals surface area contributed by atoms with Crippen LogP contribution in [0.4, 0.5) is 0 Å². The van der Waals surface area contributed by atoms with E-state index in [4.69, 9.17) is 9.15 Å². The lowest BCUT2D eigenvalue weighted by atomic mass is 10.1. The molecule has 1 aliphatic rings. The van der Waals surface area contributed by atoms with Gasteiger partial charge in [-0.25, -0.2) is 4.98 Å². The average Bonchev–Trinajstić information content (AvgIpc) is 3.01. The molecule has 0 saturated heterocycles. The standard InChI is InChI=1S/C15H15BrN2O3/c1-8-13(21-9(2)18-8)15(19)17-7-11-6-12(16)5-10-3-4-20-14(10)11/h5-6H,3-4,7H2,1-2H3,(H,17,19). The maximum absolute atomic E-state index is 12.1. The fourth-order valence-electron chi connectivity index (χ4n) is 2.48. The van der Waals surface area contributed by atoms with Gasteiger partial charge in [0.15, 0.2) is 5.89 Å². The molecule has 0 saturated carbocycles. The van der Waals surface area contributed by atoms with E-state index in [0.29, 0.717) is 24.7 Å². The lowest BCUT2D eigenvalue weighted by Gasteiger charge is -2.10. The molecule has 3 rings (SSSR count). The van der Waals surface area contributed by atoms with Crippen molar-refractivity contribution in [1.29, 1.82) is 0 Å². The van der Waals surface area contributed by atoms with Crippen molar-refractivity contribution in [2.24, 2.45) is 0 Å². The summed E-state index contributed by atoms with van der Waals surface area (Å²) in [5, 5.41) is 2.85. The molecule has 1 aromatic heterocycles. The van der Waals surface area contributed by atoms with E-state index in [-0.39, 0.29) is 11.7 Å². The van der Waals surface area contributed by atoms with Crippen LogP contribution in [0.2, 0.25) is 0 Å². The van der Waals surface area contributed by atoms with E-state index in [2.05, 4.69) is 32.3 Å². The number of rotatable bonds is 3. The Morgan fingerprint density at radius 2 is 2.24 bits per heavy atom. The van der Waals surface area contributed by atoms with E-state index in [0.717, 1.165) is 22.2 Å². The van der Waals surface area contributed by atoms with Crippen molar-refractivity contribution >= 4 is 21.8 Å². The van der Waals surface area contributed by atoms with Gasteiger partial charge >= 0.3 is 0 Å². The molecule has 21 heavy (non-hydrogen) atoms. The topological polar surface area (TPSA) is 64.4 Å². The average molecular weight is 351 g/mol. The second kappa shape index (κ2) is 5.52. The number of nitrogens with zero attached hydrogens (tertiary/aromatic N) is 1. The largest absolute Gasteiger partial charge is 0.493 e. The molecule has 0 radical (unpaired) electrons. The molecule has 110 valence electrons. The number of carbonyl (C=O) groups excluding carboxylic acids is 1. The Bertz CT molecular complexity index is 709.